The maximum absolute atomic E-state index is 13.9. The van der Waals surface area contributed by atoms with Crippen molar-refractivity contribution in [3.63, 3.8) is 0 Å². The van der Waals surface area contributed by atoms with E-state index in [9.17, 15) is 14.4 Å². The van der Waals surface area contributed by atoms with Gasteiger partial charge >= 0.3 is 5.97 Å². The molecule has 0 spiro atoms. The molecular formula is C36H41N3O6. The Kier molecular flexibility index (Phi) is 8.79. The molecule has 9 heteroatoms. The first-order chi connectivity index (χ1) is 21.9. The van der Waals surface area contributed by atoms with Crippen molar-refractivity contribution in [3.05, 3.63) is 78.4 Å². The second kappa shape index (κ2) is 12.9. The second-order valence-corrected chi connectivity index (χ2v) is 12.4. The highest BCUT2D eigenvalue weighted by molar-refractivity contribution is 6.24. The van der Waals surface area contributed by atoms with E-state index in [1.807, 2.05) is 42.5 Å². The molecule has 1 heterocycles. The molecule has 3 aliphatic carbocycles. The van der Waals surface area contributed by atoms with Gasteiger partial charge in [-0.2, -0.15) is 0 Å². The van der Waals surface area contributed by atoms with Crippen molar-refractivity contribution in [2.45, 2.75) is 57.1 Å². The molecule has 1 N–H and O–H groups in total. The molecule has 236 valence electrons. The number of nitrogens with zero attached hydrogens (tertiary/aromatic N) is 2. The van der Waals surface area contributed by atoms with Crippen LogP contribution in [0.1, 0.15) is 56.6 Å². The lowest BCUT2D eigenvalue weighted by Gasteiger charge is -2.26. The van der Waals surface area contributed by atoms with Crippen molar-refractivity contribution in [2.24, 2.45) is 22.9 Å². The van der Waals surface area contributed by atoms with Crippen LogP contribution in [0.5, 0.6) is 5.75 Å². The van der Waals surface area contributed by atoms with Gasteiger partial charge in [-0.3, -0.25) is 9.59 Å². The number of hydrogen-bond donors (Lipinski definition) is 1. The van der Waals surface area contributed by atoms with E-state index in [1.165, 1.54) is 0 Å². The number of rotatable bonds is 5. The minimum Gasteiger partial charge on any atom is -0.490 e. The standard InChI is InChI=1S/C36H41N3O6/c1-4-23-22-36(23,35(42)43-5-2)37-33(40)30-20-25-21-31(30)34(41)39(3)17-11-7-6-8-12-18-44-24-15-16-27-26-13-9-10-14-28(26)32(38-45-25)29(27)19-24/h4,8-10,12-16,19,23,25,30-31H,1,5-7,11,17-18,20-22H2,2-3H3,(H,37,40)/t23-,25-,30-,31-,36-/m1/s1. The van der Waals surface area contributed by atoms with Crippen LogP contribution in [0.2, 0.25) is 0 Å². The van der Waals surface area contributed by atoms with Crippen LogP contribution >= 0.6 is 0 Å². The zero-order chi connectivity index (χ0) is 31.6. The van der Waals surface area contributed by atoms with Crippen molar-refractivity contribution in [1.29, 1.82) is 0 Å². The van der Waals surface area contributed by atoms with Crippen molar-refractivity contribution in [3.8, 4) is 16.9 Å². The third-order valence-electron chi connectivity index (χ3n) is 9.47. The number of benzene rings is 2. The number of fused-ring (bicyclic) bond motifs is 6. The van der Waals surface area contributed by atoms with Crippen molar-refractivity contribution in [2.75, 3.05) is 26.8 Å². The number of amides is 2. The Hall–Kier alpha value is -4.40. The molecule has 2 aromatic rings. The lowest BCUT2D eigenvalue weighted by Crippen LogP contribution is -2.50. The van der Waals surface area contributed by atoms with Crippen LogP contribution in [0.3, 0.4) is 0 Å². The fourth-order valence-corrected chi connectivity index (χ4v) is 6.89. The van der Waals surface area contributed by atoms with Crippen LogP contribution in [-0.4, -0.2) is 66.8 Å². The van der Waals surface area contributed by atoms with E-state index in [-0.39, 0.29) is 24.3 Å². The van der Waals surface area contributed by atoms with Gasteiger partial charge in [-0.05, 0) is 74.8 Å². The number of hydrogen-bond acceptors (Lipinski definition) is 7. The fourth-order valence-electron chi connectivity index (χ4n) is 6.89. The van der Waals surface area contributed by atoms with E-state index in [0.29, 0.717) is 38.1 Å². The fraction of sp³-hybridized carbons (Fsp3) is 0.444. The quantitative estimate of drug-likeness (QED) is 0.320. The molecule has 0 unspecified atom stereocenters. The van der Waals surface area contributed by atoms with E-state index in [4.69, 9.17) is 14.3 Å². The molecule has 4 aliphatic rings. The van der Waals surface area contributed by atoms with Crippen LogP contribution in [0.15, 0.2) is 72.4 Å². The lowest BCUT2D eigenvalue weighted by atomic mass is 9.93. The summed E-state index contributed by atoms with van der Waals surface area (Å²) in [5.74, 6) is -1.67. The normalized spacial score (nSPS) is 27.5. The van der Waals surface area contributed by atoms with Crippen LogP contribution in [0.25, 0.3) is 11.1 Å². The van der Waals surface area contributed by atoms with E-state index in [2.05, 4.69) is 29.2 Å². The Balaban J connectivity index is 1.30. The molecule has 9 nitrogen and oxygen atoms in total. The van der Waals surface area contributed by atoms with Crippen LogP contribution < -0.4 is 10.1 Å². The van der Waals surface area contributed by atoms with Gasteiger partial charge < -0.3 is 24.5 Å². The minimum absolute atomic E-state index is 0.0989. The molecule has 2 amide bonds. The first kappa shape index (κ1) is 30.6. The average molecular weight is 612 g/mol. The number of carbonyl (C=O) groups excluding carboxylic acids is 3. The predicted molar refractivity (Wildman–Crippen MR) is 171 cm³/mol. The predicted octanol–water partition coefficient (Wildman–Crippen LogP) is 5.03. The molecular weight excluding hydrogens is 570 g/mol. The largest absolute Gasteiger partial charge is 0.490 e. The van der Waals surface area contributed by atoms with Gasteiger partial charge in [0.2, 0.25) is 11.8 Å². The molecule has 4 bridgehead atoms. The number of carbonyl (C=O) groups is 3. The summed E-state index contributed by atoms with van der Waals surface area (Å²) >= 11 is 0. The summed E-state index contributed by atoms with van der Waals surface area (Å²) in [5.41, 5.74) is 3.54. The summed E-state index contributed by atoms with van der Waals surface area (Å²) in [6, 6.07) is 14.1. The maximum atomic E-state index is 13.9. The van der Waals surface area contributed by atoms with E-state index in [1.54, 1.807) is 24.9 Å². The summed E-state index contributed by atoms with van der Waals surface area (Å²) in [6.07, 6.45) is 9.04. The Morgan fingerprint density at radius 3 is 2.69 bits per heavy atom. The Morgan fingerprint density at radius 2 is 1.91 bits per heavy atom. The Morgan fingerprint density at radius 1 is 1.11 bits per heavy atom. The minimum atomic E-state index is -1.14. The zero-order valence-corrected chi connectivity index (χ0v) is 26.0. The van der Waals surface area contributed by atoms with E-state index < -0.39 is 29.4 Å². The van der Waals surface area contributed by atoms with Crippen molar-refractivity contribution in [1.82, 2.24) is 10.2 Å². The summed E-state index contributed by atoms with van der Waals surface area (Å²) in [6.45, 7) is 6.82. The Bertz CT molecular complexity index is 1550. The van der Waals surface area contributed by atoms with Crippen molar-refractivity contribution >= 4 is 23.5 Å². The Labute approximate surface area is 264 Å². The second-order valence-electron chi connectivity index (χ2n) is 12.4. The molecule has 2 saturated carbocycles. The van der Waals surface area contributed by atoms with Gasteiger partial charge in [0.25, 0.3) is 0 Å². The number of allylic oxidation sites excluding steroid dienone is 1. The van der Waals surface area contributed by atoms with Crippen LogP contribution in [0, 0.1) is 17.8 Å². The first-order valence-corrected chi connectivity index (χ1v) is 16.0. The van der Waals surface area contributed by atoms with Crippen molar-refractivity contribution < 1.29 is 28.7 Å². The van der Waals surface area contributed by atoms with Gasteiger partial charge in [0.1, 0.15) is 29.7 Å². The number of oxime groups is 1. The third kappa shape index (κ3) is 6.00. The summed E-state index contributed by atoms with van der Waals surface area (Å²) in [7, 11) is 1.79. The van der Waals surface area contributed by atoms with Gasteiger partial charge in [0, 0.05) is 30.6 Å². The van der Waals surface area contributed by atoms with Gasteiger partial charge in [-0.1, -0.05) is 47.6 Å². The molecule has 2 aromatic carbocycles. The van der Waals surface area contributed by atoms with E-state index in [0.717, 1.165) is 47.3 Å². The maximum Gasteiger partial charge on any atom is 0.332 e. The lowest BCUT2D eigenvalue weighted by molar-refractivity contribution is -0.150. The van der Waals surface area contributed by atoms with Gasteiger partial charge in [-0.15, -0.1) is 6.58 Å². The topological polar surface area (TPSA) is 107 Å². The molecule has 1 aliphatic heterocycles. The van der Waals surface area contributed by atoms with Crippen LogP contribution in [-0.2, 0) is 24.0 Å². The monoisotopic (exact) mass is 611 g/mol. The summed E-state index contributed by atoms with van der Waals surface area (Å²) < 4.78 is 11.3. The number of esters is 1. The smallest absolute Gasteiger partial charge is 0.332 e. The molecule has 0 radical (unpaired) electrons. The number of nitrogens with one attached hydrogen (secondary N) is 1. The number of ether oxygens (including phenoxy) is 2. The zero-order valence-electron chi connectivity index (χ0n) is 26.0. The first-order valence-electron chi connectivity index (χ1n) is 16.0. The summed E-state index contributed by atoms with van der Waals surface area (Å²) in [4.78, 5) is 48.5. The SMILES string of the molecule is C=C[C@@H]1C[C@]1(NC(=O)[C@@H]1C[C@@H]2C[C@H]1C(=O)N(C)CCCCC=CCOc1ccc3c(c1)C(=NO2)c1ccccc1-3)C(=O)OCC. The summed E-state index contributed by atoms with van der Waals surface area (Å²) in [5, 5.41) is 7.65. The van der Waals surface area contributed by atoms with Gasteiger partial charge in [0.05, 0.1) is 18.4 Å². The average Bonchev–Trinajstić information content (AvgIpc) is 3.44. The van der Waals surface area contributed by atoms with Gasteiger partial charge in [0.15, 0.2) is 0 Å². The van der Waals surface area contributed by atoms with Gasteiger partial charge in [-0.25, -0.2) is 4.79 Å². The highest BCUT2D eigenvalue weighted by Gasteiger charge is 2.62. The molecule has 45 heavy (non-hydrogen) atoms. The molecule has 0 aromatic heterocycles. The molecule has 5 atom stereocenters. The third-order valence-corrected chi connectivity index (χ3v) is 9.47. The molecule has 0 saturated heterocycles. The molecule has 2 fully saturated rings. The van der Waals surface area contributed by atoms with E-state index >= 15 is 0 Å². The van der Waals surface area contributed by atoms with Crippen LogP contribution in [0.4, 0.5) is 0 Å². The highest BCUT2D eigenvalue weighted by atomic mass is 16.6. The highest BCUT2D eigenvalue weighted by Crippen LogP contribution is 2.47. The molecule has 6 rings (SSSR count).